The molecular weight excluding hydrogens is 309 g/mol. The molecule has 0 N–H and O–H groups in total. The fraction of sp³-hybridized carbons (Fsp3) is 0.100. The first-order chi connectivity index (χ1) is 6.76. The van der Waals surface area contributed by atoms with Gasteiger partial charge in [0.1, 0.15) is 0 Å². The van der Waals surface area contributed by atoms with Crippen LogP contribution in [0.2, 0.25) is 0 Å². The molecule has 70 valence electrons. The molecule has 1 aromatic heterocycles. The first-order valence-electron chi connectivity index (χ1n) is 3.92. The number of ether oxygens (including phenoxy) is 1. The zero-order valence-corrected chi connectivity index (χ0v) is 10.3. The van der Waals surface area contributed by atoms with Gasteiger partial charge >= 0.3 is 0 Å². The second-order valence-corrected chi connectivity index (χ2v) is 4.82. The van der Waals surface area contributed by atoms with E-state index in [1.807, 2.05) is 18.2 Å². The molecule has 2 aromatic rings. The van der Waals surface area contributed by atoms with E-state index in [2.05, 4.69) is 28.7 Å². The maximum Gasteiger partial charge on any atom is 0.188 e. The Hall–Kier alpha value is -0.800. The first kappa shape index (κ1) is 9.74. The van der Waals surface area contributed by atoms with Crippen molar-refractivity contribution >= 4 is 44.0 Å². The van der Waals surface area contributed by atoms with Crippen LogP contribution in [0.4, 0.5) is 0 Å². The van der Waals surface area contributed by atoms with Crippen molar-refractivity contribution in [2.75, 3.05) is 7.11 Å². The minimum absolute atomic E-state index is 0.692. The highest BCUT2D eigenvalue weighted by Gasteiger charge is 2.09. The van der Waals surface area contributed by atoms with E-state index in [-0.39, 0.29) is 0 Å². The molecule has 2 rings (SSSR count). The molecule has 2 nitrogen and oxygen atoms in total. The third kappa shape index (κ3) is 1.47. The third-order valence-electron chi connectivity index (χ3n) is 1.91. The molecule has 0 saturated heterocycles. The Morgan fingerprint density at radius 2 is 2.29 bits per heavy atom. The summed E-state index contributed by atoms with van der Waals surface area (Å²) in [4.78, 5) is 0. The number of nitrogens with zero attached hydrogens (tertiary/aromatic N) is 1. The summed E-state index contributed by atoms with van der Waals surface area (Å²) in [7, 11) is 1.66. The van der Waals surface area contributed by atoms with Crippen molar-refractivity contribution in [1.82, 2.24) is 0 Å². The Bertz CT molecular complexity index is 527. The zero-order valence-electron chi connectivity index (χ0n) is 7.37. The third-order valence-corrected chi connectivity index (χ3v) is 4.47. The highest BCUT2D eigenvalue weighted by molar-refractivity contribution is 14.1. The number of hydrogen-bond donors (Lipinski definition) is 0. The molecule has 14 heavy (non-hydrogen) atoms. The van der Waals surface area contributed by atoms with E-state index in [1.54, 1.807) is 18.4 Å². The highest BCUT2D eigenvalue weighted by Crippen LogP contribution is 2.38. The number of thiophene rings is 1. The molecule has 0 aliphatic heterocycles. The number of methoxy groups -OCH3 is 1. The first-order valence-corrected chi connectivity index (χ1v) is 5.82. The number of benzene rings is 1. The summed E-state index contributed by atoms with van der Waals surface area (Å²) >= 11 is 3.83. The average Bonchev–Trinajstić information content (AvgIpc) is 2.55. The van der Waals surface area contributed by atoms with Crippen molar-refractivity contribution in [3.63, 3.8) is 0 Å². The van der Waals surface area contributed by atoms with Gasteiger partial charge in [0, 0.05) is 10.1 Å². The molecule has 1 aromatic carbocycles. The molecule has 0 radical (unpaired) electrons. The predicted octanol–water partition coefficient (Wildman–Crippen LogP) is 3.39. The lowest BCUT2D eigenvalue weighted by Gasteiger charge is -1.92. The molecule has 0 amide bonds. The number of halogens is 1. The van der Waals surface area contributed by atoms with E-state index in [0.29, 0.717) is 5.56 Å². The van der Waals surface area contributed by atoms with Crippen molar-refractivity contribution in [2.45, 2.75) is 0 Å². The van der Waals surface area contributed by atoms with Crippen LogP contribution in [0.1, 0.15) is 5.56 Å². The van der Waals surface area contributed by atoms with E-state index in [9.17, 15) is 0 Å². The average molecular weight is 315 g/mol. The molecule has 0 saturated carbocycles. The van der Waals surface area contributed by atoms with E-state index < -0.39 is 0 Å². The Morgan fingerprint density at radius 1 is 1.50 bits per heavy atom. The molecular formula is C10H6INOS. The van der Waals surface area contributed by atoms with Crippen molar-refractivity contribution < 1.29 is 4.74 Å². The Morgan fingerprint density at radius 3 is 2.93 bits per heavy atom. The van der Waals surface area contributed by atoms with Crippen LogP contribution in [0.25, 0.3) is 10.1 Å². The van der Waals surface area contributed by atoms with Crippen molar-refractivity contribution in [3.8, 4) is 11.1 Å². The number of fused-ring (bicyclic) bond motifs is 1. The van der Waals surface area contributed by atoms with Crippen molar-refractivity contribution in [2.24, 2.45) is 0 Å². The van der Waals surface area contributed by atoms with Gasteiger partial charge < -0.3 is 4.74 Å². The van der Waals surface area contributed by atoms with Gasteiger partial charge in [-0.1, -0.05) is 17.4 Å². The van der Waals surface area contributed by atoms with Gasteiger partial charge in [-0.05, 0) is 34.7 Å². The summed E-state index contributed by atoms with van der Waals surface area (Å²) in [5.74, 6) is 0. The smallest absolute Gasteiger partial charge is 0.188 e. The molecule has 1 heterocycles. The maximum absolute atomic E-state index is 8.75. The Labute approximate surface area is 99.3 Å². The van der Waals surface area contributed by atoms with E-state index in [1.165, 1.54) is 0 Å². The van der Waals surface area contributed by atoms with Crippen LogP contribution in [0.5, 0.6) is 5.06 Å². The van der Waals surface area contributed by atoms with E-state index >= 15 is 0 Å². The van der Waals surface area contributed by atoms with E-state index in [4.69, 9.17) is 10.00 Å². The molecule has 0 bridgehead atoms. The van der Waals surface area contributed by atoms with Gasteiger partial charge in [-0.15, -0.1) is 0 Å². The molecule has 0 fully saturated rings. The fourth-order valence-corrected chi connectivity index (χ4v) is 3.40. The monoisotopic (exact) mass is 315 g/mol. The molecule has 0 spiro atoms. The Kier molecular flexibility index (Phi) is 2.61. The van der Waals surface area contributed by atoms with Crippen LogP contribution in [0.15, 0.2) is 18.2 Å². The van der Waals surface area contributed by atoms with Crippen LogP contribution in [-0.2, 0) is 0 Å². The van der Waals surface area contributed by atoms with Gasteiger partial charge in [-0.25, -0.2) is 0 Å². The van der Waals surface area contributed by atoms with Gasteiger partial charge in [0.2, 0.25) is 0 Å². The quantitative estimate of drug-likeness (QED) is 0.756. The van der Waals surface area contributed by atoms with Gasteiger partial charge in [-0.3, -0.25) is 0 Å². The highest BCUT2D eigenvalue weighted by atomic mass is 127. The normalized spacial score (nSPS) is 10.1. The second-order valence-electron chi connectivity index (χ2n) is 2.73. The zero-order chi connectivity index (χ0) is 10.1. The minimum atomic E-state index is 0.692. The SMILES string of the molecule is COc1sc2cc(C#N)ccc2c1I. The summed E-state index contributed by atoms with van der Waals surface area (Å²) < 4.78 is 7.45. The minimum Gasteiger partial charge on any atom is -0.486 e. The lowest BCUT2D eigenvalue weighted by molar-refractivity contribution is 0.425. The van der Waals surface area contributed by atoms with Gasteiger partial charge in [0.05, 0.1) is 22.3 Å². The van der Waals surface area contributed by atoms with E-state index in [0.717, 1.165) is 18.7 Å². The molecule has 4 heteroatoms. The van der Waals surface area contributed by atoms with Crippen molar-refractivity contribution in [3.05, 3.63) is 27.3 Å². The summed E-state index contributed by atoms with van der Waals surface area (Å²) in [5, 5.41) is 10.8. The molecule has 0 aliphatic carbocycles. The number of nitriles is 1. The Balaban J connectivity index is 2.74. The molecule has 0 aliphatic rings. The van der Waals surface area contributed by atoms with Crippen LogP contribution in [0.3, 0.4) is 0 Å². The second kappa shape index (κ2) is 3.75. The summed E-state index contributed by atoms with van der Waals surface area (Å²) in [6, 6.07) is 7.82. The lowest BCUT2D eigenvalue weighted by atomic mass is 10.2. The predicted molar refractivity (Wildman–Crippen MR) is 65.8 cm³/mol. The molecule has 0 unspecified atom stereocenters. The molecule has 0 atom stereocenters. The fourth-order valence-electron chi connectivity index (χ4n) is 1.24. The van der Waals surface area contributed by atoms with Crippen LogP contribution in [-0.4, -0.2) is 7.11 Å². The summed E-state index contributed by atoms with van der Waals surface area (Å²) in [6.07, 6.45) is 0. The number of rotatable bonds is 1. The van der Waals surface area contributed by atoms with Crippen molar-refractivity contribution in [1.29, 1.82) is 5.26 Å². The van der Waals surface area contributed by atoms with Crippen LogP contribution in [0, 0.1) is 14.9 Å². The van der Waals surface area contributed by atoms with Gasteiger partial charge in [0.15, 0.2) is 5.06 Å². The van der Waals surface area contributed by atoms with Gasteiger partial charge in [0.25, 0.3) is 0 Å². The number of hydrogen-bond acceptors (Lipinski definition) is 3. The summed E-state index contributed by atoms with van der Waals surface area (Å²) in [5.41, 5.74) is 0.692. The van der Waals surface area contributed by atoms with Gasteiger partial charge in [-0.2, -0.15) is 5.26 Å². The maximum atomic E-state index is 8.75. The topological polar surface area (TPSA) is 33.0 Å². The largest absolute Gasteiger partial charge is 0.486 e. The van der Waals surface area contributed by atoms with Crippen LogP contribution < -0.4 is 4.74 Å². The van der Waals surface area contributed by atoms with Crippen LogP contribution >= 0.6 is 33.9 Å². The standard InChI is InChI=1S/C10H6INOS/c1-13-10-9(11)7-3-2-6(5-12)4-8(7)14-10/h2-4H,1H3. The summed E-state index contributed by atoms with van der Waals surface area (Å²) in [6.45, 7) is 0. The lowest BCUT2D eigenvalue weighted by Crippen LogP contribution is -1.79.